The first-order chi connectivity index (χ1) is 14.3. The average molecular weight is 411 g/mol. The molecule has 1 atom stereocenters. The molecule has 3 aromatic rings. The fraction of sp³-hybridized carbons (Fsp3) is 0.455. The van der Waals surface area contributed by atoms with E-state index in [9.17, 15) is 4.79 Å². The van der Waals surface area contributed by atoms with Gasteiger partial charge in [0.25, 0.3) is 0 Å². The summed E-state index contributed by atoms with van der Waals surface area (Å²) in [7, 11) is 0. The van der Waals surface area contributed by atoms with E-state index in [2.05, 4.69) is 39.1 Å². The molecule has 1 aromatic carbocycles. The van der Waals surface area contributed by atoms with Crippen LogP contribution in [0.2, 0.25) is 0 Å². The van der Waals surface area contributed by atoms with Crippen LogP contribution in [0.25, 0.3) is 11.0 Å². The van der Waals surface area contributed by atoms with Gasteiger partial charge in [0.15, 0.2) is 0 Å². The quantitative estimate of drug-likeness (QED) is 0.627. The summed E-state index contributed by atoms with van der Waals surface area (Å²) >= 11 is 1.71. The highest BCUT2D eigenvalue weighted by Gasteiger charge is 2.34. The third kappa shape index (κ3) is 3.95. The molecular formula is C22H26N4O2S. The monoisotopic (exact) mass is 410 g/mol. The normalized spacial score (nSPS) is 20.8. The van der Waals surface area contributed by atoms with Crippen LogP contribution in [0.4, 0.5) is 0 Å². The van der Waals surface area contributed by atoms with Gasteiger partial charge in [-0.3, -0.25) is 9.69 Å². The molecule has 0 unspecified atom stereocenters. The summed E-state index contributed by atoms with van der Waals surface area (Å²) in [5.74, 6) is 1.44. The molecule has 0 radical (unpaired) electrons. The number of ether oxygens (including phenoxy) is 1. The highest BCUT2D eigenvalue weighted by molar-refractivity contribution is 7.09. The van der Waals surface area contributed by atoms with Gasteiger partial charge in [0.1, 0.15) is 5.82 Å². The SMILES string of the molecule is O=C1C[C@@H](c2nc3ccccc3n2CCN2CCOCC2)CN1Cc1cccs1. The number of thiophene rings is 1. The van der Waals surface area contributed by atoms with Crippen molar-refractivity contribution >= 4 is 28.3 Å². The standard InChI is InChI=1S/C22H26N4O2S/c27-21-14-17(15-25(21)16-18-4-3-13-29-18)22-23-19-5-1-2-6-20(19)26(22)8-7-24-9-11-28-12-10-24/h1-6,13,17H,7-12,14-16H2/t17-/m1/s1. The Balaban J connectivity index is 1.38. The maximum Gasteiger partial charge on any atom is 0.223 e. The molecule has 0 bridgehead atoms. The van der Waals surface area contributed by atoms with E-state index >= 15 is 0 Å². The molecular weight excluding hydrogens is 384 g/mol. The first kappa shape index (κ1) is 18.8. The lowest BCUT2D eigenvalue weighted by atomic mass is 10.1. The van der Waals surface area contributed by atoms with Crippen molar-refractivity contribution in [3.8, 4) is 0 Å². The molecule has 2 aliphatic rings. The average Bonchev–Trinajstić information content (AvgIpc) is 3.47. The third-order valence-corrected chi connectivity index (χ3v) is 6.80. The number of fused-ring (bicyclic) bond motifs is 1. The molecule has 29 heavy (non-hydrogen) atoms. The van der Waals surface area contributed by atoms with Crippen LogP contribution in [0.1, 0.15) is 23.0 Å². The zero-order valence-electron chi connectivity index (χ0n) is 16.5. The van der Waals surface area contributed by atoms with Gasteiger partial charge in [0.2, 0.25) is 5.91 Å². The minimum absolute atomic E-state index is 0.152. The Bertz CT molecular complexity index is 978. The third-order valence-electron chi connectivity index (χ3n) is 5.93. The number of aromatic nitrogens is 2. The Morgan fingerprint density at radius 3 is 2.79 bits per heavy atom. The van der Waals surface area contributed by atoms with Gasteiger partial charge in [0, 0.05) is 49.9 Å². The van der Waals surface area contributed by atoms with Crippen molar-refractivity contribution in [2.45, 2.75) is 25.4 Å². The molecule has 5 rings (SSSR count). The van der Waals surface area contributed by atoms with Crippen molar-refractivity contribution in [1.29, 1.82) is 0 Å². The molecule has 2 aromatic heterocycles. The maximum absolute atomic E-state index is 12.7. The number of morpholine rings is 1. The zero-order valence-corrected chi connectivity index (χ0v) is 17.3. The van der Waals surface area contributed by atoms with Gasteiger partial charge in [-0.25, -0.2) is 4.98 Å². The molecule has 6 nitrogen and oxygen atoms in total. The van der Waals surface area contributed by atoms with Crippen molar-refractivity contribution < 1.29 is 9.53 Å². The Morgan fingerprint density at radius 2 is 1.97 bits per heavy atom. The van der Waals surface area contributed by atoms with Gasteiger partial charge in [-0.15, -0.1) is 11.3 Å². The number of hydrogen-bond donors (Lipinski definition) is 0. The van der Waals surface area contributed by atoms with E-state index in [0.717, 1.165) is 57.3 Å². The highest BCUT2D eigenvalue weighted by Crippen LogP contribution is 2.31. The smallest absolute Gasteiger partial charge is 0.223 e. The van der Waals surface area contributed by atoms with Gasteiger partial charge < -0.3 is 14.2 Å². The van der Waals surface area contributed by atoms with Gasteiger partial charge in [-0.1, -0.05) is 18.2 Å². The van der Waals surface area contributed by atoms with Crippen molar-refractivity contribution in [2.24, 2.45) is 0 Å². The van der Waals surface area contributed by atoms with Crippen LogP contribution < -0.4 is 0 Å². The Labute approximate surface area is 174 Å². The number of likely N-dealkylation sites (tertiary alicyclic amines) is 1. The number of amides is 1. The van der Waals surface area contributed by atoms with Crippen molar-refractivity contribution in [3.63, 3.8) is 0 Å². The van der Waals surface area contributed by atoms with Crippen LogP contribution >= 0.6 is 11.3 Å². The second-order valence-corrected chi connectivity index (χ2v) is 8.85. The number of hydrogen-bond acceptors (Lipinski definition) is 5. The minimum atomic E-state index is 0.152. The molecule has 152 valence electrons. The van der Waals surface area contributed by atoms with E-state index < -0.39 is 0 Å². The largest absolute Gasteiger partial charge is 0.379 e. The Morgan fingerprint density at radius 1 is 1.10 bits per heavy atom. The summed E-state index contributed by atoms with van der Waals surface area (Å²) in [4.78, 5) is 23.3. The fourth-order valence-corrected chi connectivity index (χ4v) is 5.12. The molecule has 1 amide bonds. The number of rotatable bonds is 6. The molecule has 2 saturated heterocycles. The lowest BCUT2D eigenvalue weighted by Crippen LogP contribution is -2.38. The minimum Gasteiger partial charge on any atom is -0.379 e. The number of para-hydroxylation sites is 2. The van der Waals surface area contributed by atoms with Crippen LogP contribution in [0.5, 0.6) is 0 Å². The number of imidazole rings is 1. The molecule has 0 saturated carbocycles. The van der Waals surface area contributed by atoms with E-state index in [1.54, 1.807) is 11.3 Å². The predicted octanol–water partition coefficient (Wildman–Crippen LogP) is 2.95. The summed E-state index contributed by atoms with van der Waals surface area (Å²) in [6.07, 6.45) is 0.548. The lowest BCUT2D eigenvalue weighted by molar-refractivity contribution is -0.128. The Kier molecular flexibility index (Phi) is 5.35. The van der Waals surface area contributed by atoms with Gasteiger partial charge in [-0.2, -0.15) is 0 Å². The molecule has 2 aliphatic heterocycles. The molecule has 2 fully saturated rings. The highest BCUT2D eigenvalue weighted by atomic mass is 32.1. The Hall–Kier alpha value is -2.22. The molecule has 0 N–H and O–H groups in total. The second-order valence-electron chi connectivity index (χ2n) is 7.82. The van der Waals surface area contributed by atoms with E-state index in [0.29, 0.717) is 13.0 Å². The first-order valence-electron chi connectivity index (χ1n) is 10.3. The van der Waals surface area contributed by atoms with Crippen molar-refractivity contribution in [1.82, 2.24) is 19.4 Å². The van der Waals surface area contributed by atoms with Crippen LogP contribution in [0.15, 0.2) is 41.8 Å². The summed E-state index contributed by atoms with van der Waals surface area (Å²) in [5, 5.41) is 2.07. The first-order valence-corrected chi connectivity index (χ1v) is 11.2. The number of nitrogens with zero attached hydrogens (tertiary/aromatic N) is 4. The second kappa shape index (κ2) is 8.26. The summed E-state index contributed by atoms with van der Waals surface area (Å²) < 4.78 is 7.82. The van der Waals surface area contributed by atoms with Gasteiger partial charge in [-0.05, 0) is 23.6 Å². The fourth-order valence-electron chi connectivity index (χ4n) is 4.40. The van der Waals surface area contributed by atoms with Gasteiger partial charge in [0.05, 0.1) is 30.8 Å². The number of carbonyl (C=O) groups excluding carboxylic acids is 1. The predicted molar refractivity (Wildman–Crippen MR) is 114 cm³/mol. The lowest BCUT2D eigenvalue weighted by Gasteiger charge is -2.27. The topological polar surface area (TPSA) is 50.6 Å². The number of carbonyl (C=O) groups is 1. The van der Waals surface area contributed by atoms with Crippen LogP contribution in [-0.4, -0.2) is 64.7 Å². The molecule has 0 spiro atoms. The van der Waals surface area contributed by atoms with E-state index in [1.165, 1.54) is 10.4 Å². The van der Waals surface area contributed by atoms with Gasteiger partial charge >= 0.3 is 0 Å². The maximum atomic E-state index is 12.7. The zero-order chi connectivity index (χ0) is 19.6. The van der Waals surface area contributed by atoms with Crippen molar-refractivity contribution in [3.05, 3.63) is 52.5 Å². The van der Waals surface area contributed by atoms with Crippen molar-refractivity contribution in [2.75, 3.05) is 39.4 Å². The van der Waals surface area contributed by atoms with E-state index in [1.807, 2.05) is 17.0 Å². The van der Waals surface area contributed by atoms with E-state index in [4.69, 9.17) is 9.72 Å². The van der Waals surface area contributed by atoms with Crippen LogP contribution in [0, 0.1) is 0 Å². The molecule has 0 aliphatic carbocycles. The summed E-state index contributed by atoms with van der Waals surface area (Å²) in [5.41, 5.74) is 2.19. The van der Waals surface area contributed by atoms with Crippen LogP contribution in [0.3, 0.4) is 0 Å². The van der Waals surface area contributed by atoms with E-state index in [-0.39, 0.29) is 11.8 Å². The summed E-state index contributed by atoms with van der Waals surface area (Å²) in [6, 6.07) is 12.5. The number of benzene rings is 1. The summed E-state index contributed by atoms with van der Waals surface area (Å²) in [6.45, 7) is 6.93. The van der Waals surface area contributed by atoms with Crippen LogP contribution in [-0.2, 0) is 22.6 Å². The molecule has 7 heteroatoms. The molecule has 4 heterocycles.